The molecule has 3 atom stereocenters. The van der Waals surface area contributed by atoms with Gasteiger partial charge in [0, 0.05) is 5.92 Å². The molecule has 1 aromatic carbocycles. The van der Waals surface area contributed by atoms with Crippen molar-refractivity contribution >= 4 is 13.5 Å². The molecule has 6 heteroatoms. The SMILES string of the molecule is C=CC1CC1(NC(=O)OCc1ccccc1)P(=O)(/C=C/CC)OCC. The number of hydrogen-bond acceptors (Lipinski definition) is 4. The third-order valence-electron chi connectivity index (χ3n) is 4.21. The van der Waals surface area contributed by atoms with Crippen molar-refractivity contribution in [2.75, 3.05) is 6.61 Å². The van der Waals surface area contributed by atoms with Gasteiger partial charge < -0.3 is 14.6 Å². The lowest BCUT2D eigenvalue weighted by molar-refractivity contribution is 0.136. The Morgan fingerprint density at radius 2 is 2.12 bits per heavy atom. The normalized spacial score (nSPS) is 24.5. The van der Waals surface area contributed by atoms with E-state index in [0.717, 1.165) is 12.0 Å². The van der Waals surface area contributed by atoms with E-state index in [0.29, 0.717) is 13.0 Å². The lowest BCUT2D eigenvalue weighted by Gasteiger charge is -2.26. The van der Waals surface area contributed by atoms with Crippen LogP contribution in [0, 0.1) is 5.92 Å². The lowest BCUT2D eigenvalue weighted by Crippen LogP contribution is -2.38. The molecule has 0 aliphatic heterocycles. The first-order valence-electron chi connectivity index (χ1n) is 8.54. The largest absolute Gasteiger partial charge is 0.445 e. The molecule has 1 fully saturated rings. The zero-order chi connectivity index (χ0) is 18.3. The van der Waals surface area contributed by atoms with E-state index in [-0.39, 0.29) is 12.5 Å². The van der Waals surface area contributed by atoms with Crippen molar-refractivity contribution in [1.82, 2.24) is 5.32 Å². The zero-order valence-corrected chi connectivity index (χ0v) is 15.7. The number of amides is 1. The highest BCUT2D eigenvalue weighted by molar-refractivity contribution is 7.64. The van der Waals surface area contributed by atoms with Crippen LogP contribution < -0.4 is 5.32 Å². The summed E-state index contributed by atoms with van der Waals surface area (Å²) >= 11 is 0. The van der Waals surface area contributed by atoms with Crippen molar-refractivity contribution in [2.45, 2.75) is 38.6 Å². The fraction of sp³-hybridized carbons (Fsp3) is 0.421. The Kier molecular flexibility index (Phi) is 6.63. The Morgan fingerprint density at radius 3 is 2.68 bits per heavy atom. The maximum absolute atomic E-state index is 13.4. The van der Waals surface area contributed by atoms with Crippen molar-refractivity contribution in [3.05, 3.63) is 60.4 Å². The molecule has 0 bridgehead atoms. The molecule has 0 aromatic heterocycles. The molecule has 2 rings (SSSR count). The Hall–Kier alpha value is -1.84. The summed E-state index contributed by atoms with van der Waals surface area (Å²) in [6.07, 6.45) is 4.20. The molecule has 3 unspecified atom stereocenters. The smallest absolute Gasteiger partial charge is 0.408 e. The van der Waals surface area contributed by atoms with Crippen molar-refractivity contribution < 1.29 is 18.6 Å². The molecule has 1 aliphatic carbocycles. The highest BCUT2D eigenvalue weighted by Gasteiger charge is 2.65. The molecule has 1 aliphatic rings. The molecule has 0 spiro atoms. The average Bonchev–Trinajstić information content (AvgIpc) is 3.34. The summed E-state index contributed by atoms with van der Waals surface area (Å²) in [6, 6.07) is 9.41. The number of carbonyl (C=O) groups is 1. The van der Waals surface area contributed by atoms with E-state index in [4.69, 9.17) is 9.26 Å². The number of rotatable bonds is 9. The maximum Gasteiger partial charge on any atom is 0.408 e. The number of ether oxygens (including phenoxy) is 1. The van der Waals surface area contributed by atoms with Crippen LogP contribution >= 0.6 is 7.37 Å². The average molecular weight is 363 g/mol. The second-order valence-electron chi connectivity index (χ2n) is 5.97. The van der Waals surface area contributed by atoms with E-state index in [1.165, 1.54) is 0 Å². The van der Waals surface area contributed by atoms with Crippen LogP contribution in [0.15, 0.2) is 54.9 Å². The predicted octanol–water partition coefficient (Wildman–Crippen LogP) is 5.05. The van der Waals surface area contributed by atoms with Gasteiger partial charge >= 0.3 is 6.09 Å². The van der Waals surface area contributed by atoms with Crippen molar-refractivity contribution in [2.24, 2.45) is 5.92 Å². The molecule has 1 saturated carbocycles. The van der Waals surface area contributed by atoms with Gasteiger partial charge in [-0.1, -0.05) is 49.4 Å². The van der Waals surface area contributed by atoms with Crippen molar-refractivity contribution in [1.29, 1.82) is 0 Å². The molecular weight excluding hydrogens is 337 g/mol. The highest BCUT2D eigenvalue weighted by Crippen LogP contribution is 2.73. The molecule has 0 radical (unpaired) electrons. The second kappa shape index (κ2) is 8.50. The van der Waals surface area contributed by atoms with Gasteiger partial charge in [-0.25, -0.2) is 4.79 Å². The number of nitrogens with one attached hydrogen (secondary N) is 1. The summed E-state index contributed by atoms with van der Waals surface area (Å²) in [7, 11) is -3.21. The van der Waals surface area contributed by atoms with Gasteiger partial charge in [0.05, 0.1) is 6.61 Å². The molecule has 0 saturated heterocycles. The van der Waals surface area contributed by atoms with Gasteiger partial charge in [-0.15, -0.1) is 6.58 Å². The van der Waals surface area contributed by atoms with E-state index in [2.05, 4.69) is 11.9 Å². The van der Waals surface area contributed by atoms with Crippen LogP contribution in [0.3, 0.4) is 0 Å². The maximum atomic E-state index is 13.4. The highest BCUT2D eigenvalue weighted by atomic mass is 31.2. The van der Waals surface area contributed by atoms with Gasteiger partial charge in [0.2, 0.25) is 7.37 Å². The Morgan fingerprint density at radius 1 is 1.40 bits per heavy atom. The fourth-order valence-electron chi connectivity index (χ4n) is 2.80. The van der Waals surface area contributed by atoms with Crippen LogP contribution in [0.25, 0.3) is 0 Å². The predicted molar refractivity (Wildman–Crippen MR) is 99.5 cm³/mol. The van der Waals surface area contributed by atoms with Crippen LogP contribution in [0.5, 0.6) is 0 Å². The van der Waals surface area contributed by atoms with Gasteiger partial charge in [-0.2, -0.15) is 0 Å². The standard InChI is InChI=1S/C19H26NO4P/c1-4-7-13-25(22,24-6-3)19(14-17(19)5-2)20-18(21)23-15-16-11-9-8-10-12-16/h5,7-13,17H,2,4,6,14-15H2,1,3H3,(H,20,21)/b13-7+. The molecule has 1 N–H and O–H groups in total. The minimum absolute atomic E-state index is 0.101. The number of benzene rings is 1. The zero-order valence-electron chi connectivity index (χ0n) is 14.8. The quantitative estimate of drug-likeness (QED) is 0.492. The molecule has 136 valence electrons. The Labute approximate surface area is 149 Å². The van der Waals surface area contributed by atoms with Crippen LogP contribution in [-0.4, -0.2) is 18.0 Å². The summed E-state index contributed by atoms with van der Waals surface area (Å²) in [5, 5.41) is 1.85. The van der Waals surface area contributed by atoms with Crippen molar-refractivity contribution in [3.8, 4) is 0 Å². The summed E-state index contributed by atoms with van der Waals surface area (Å²) in [6.45, 7) is 7.99. The van der Waals surface area contributed by atoms with Gasteiger partial charge in [0.15, 0.2) is 0 Å². The molecule has 25 heavy (non-hydrogen) atoms. The van der Waals surface area contributed by atoms with Crippen molar-refractivity contribution in [3.63, 3.8) is 0 Å². The molecular formula is C19H26NO4P. The monoisotopic (exact) mass is 363 g/mol. The number of carbonyl (C=O) groups excluding carboxylic acids is 1. The fourth-order valence-corrected chi connectivity index (χ4v) is 5.52. The van der Waals surface area contributed by atoms with Crippen LogP contribution in [0.4, 0.5) is 4.79 Å². The first-order valence-corrected chi connectivity index (χ1v) is 10.2. The van der Waals surface area contributed by atoms with Crippen LogP contribution in [0.1, 0.15) is 32.3 Å². The van der Waals surface area contributed by atoms with E-state index in [1.54, 1.807) is 18.8 Å². The number of allylic oxidation sites excluding steroid dienone is 1. The first-order chi connectivity index (χ1) is 12.0. The van der Waals surface area contributed by atoms with E-state index < -0.39 is 18.7 Å². The van der Waals surface area contributed by atoms with E-state index >= 15 is 0 Å². The molecule has 1 amide bonds. The second-order valence-corrected chi connectivity index (χ2v) is 8.51. The first kappa shape index (κ1) is 19.5. The molecule has 0 heterocycles. The Bertz CT molecular complexity index is 673. The van der Waals surface area contributed by atoms with Crippen LogP contribution in [-0.2, 0) is 20.4 Å². The summed E-state index contributed by atoms with van der Waals surface area (Å²) in [4.78, 5) is 12.3. The van der Waals surface area contributed by atoms with Gasteiger partial charge in [-0.3, -0.25) is 4.57 Å². The van der Waals surface area contributed by atoms with Gasteiger partial charge in [-0.05, 0) is 31.1 Å². The number of alkyl carbamates (subject to hydrolysis) is 1. The van der Waals surface area contributed by atoms with E-state index in [9.17, 15) is 9.36 Å². The molecule has 1 aromatic rings. The summed E-state index contributed by atoms with van der Waals surface area (Å²) < 4.78 is 24.3. The minimum atomic E-state index is -3.21. The Balaban J connectivity index is 2.11. The molecule has 5 nitrogen and oxygen atoms in total. The summed E-state index contributed by atoms with van der Waals surface area (Å²) in [5.74, 6) is 1.51. The number of hydrogen-bond donors (Lipinski definition) is 1. The topological polar surface area (TPSA) is 64.6 Å². The third-order valence-corrected chi connectivity index (χ3v) is 7.20. The third kappa shape index (κ3) is 4.42. The summed E-state index contributed by atoms with van der Waals surface area (Å²) in [5.41, 5.74) is 0.890. The van der Waals surface area contributed by atoms with E-state index in [1.807, 2.05) is 43.3 Å². The van der Waals surface area contributed by atoms with Crippen LogP contribution in [0.2, 0.25) is 0 Å². The lowest BCUT2D eigenvalue weighted by atomic mass is 10.2. The van der Waals surface area contributed by atoms with Gasteiger partial charge in [0.1, 0.15) is 11.9 Å². The minimum Gasteiger partial charge on any atom is -0.445 e. The van der Waals surface area contributed by atoms with Gasteiger partial charge in [0.25, 0.3) is 0 Å².